The van der Waals surface area contributed by atoms with Gasteiger partial charge < -0.3 is 16.8 Å². The lowest BCUT2D eigenvalue weighted by Gasteiger charge is -2.36. The molecule has 0 fully saturated rings. The van der Waals surface area contributed by atoms with Crippen LogP contribution in [0.15, 0.2) is 41.0 Å². The number of aryl methyl sites for hydroxylation is 1. The molecule has 0 spiro atoms. The van der Waals surface area contributed by atoms with E-state index in [1.807, 2.05) is 25.1 Å². The first kappa shape index (κ1) is 14.1. The molecule has 2 aromatic rings. The molecule has 2 aromatic carbocycles. The average Bonchev–Trinajstić information content (AvgIpc) is 2.46. The summed E-state index contributed by atoms with van der Waals surface area (Å²) in [5.74, 6) is -0.367. The molecule has 3 nitrogen and oxygen atoms in total. The quantitative estimate of drug-likeness (QED) is 0.694. The van der Waals surface area contributed by atoms with Crippen LogP contribution in [0.3, 0.4) is 0 Å². The SMILES string of the molecule is Cc1ccc2c(c1N)C=CNC2(N)c1cc(Br)ccc1F. The van der Waals surface area contributed by atoms with Crippen LogP contribution in [0.4, 0.5) is 10.1 Å². The van der Waals surface area contributed by atoms with Gasteiger partial charge in [0.25, 0.3) is 0 Å². The zero-order valence-corrected chi connectivity index (χ0v) is 13.0. The van der Waals surface area contributed by atoms with Gasteiger partial charge in [-0.05, 0) is 43.0 Å². The summed E-state index contributed by atoms with van der Waals surface area (Å²) in [6.07, 6.45) is 3.57. The molecule has 1 atom stereocenters. The highest BCUT2D eigenvalue weighted by atomic mass is 79.9. The number of hydrogen-bond acceptors (Lipinski definition) is 3. The third kappa shape index (κ3) is 2.13. The molecular weight excluding hydrogens is 333 g/mol. The van der Waals surface area contributed by atoms with Crippen molar-refractivity contribution in [1.29, 1.82) is 0 Å². The van der Waals surface area contributed by atoms with Crippen molar-refractivity contribution in [1.82, 2.24) is 5.32 Å². The number of nitrogens with two attached hydrogens (primary N) is 2. The van der Waals surface area contributed by atoms with E-state index in [1.54, 1.807) is 18.3 Å². The van der Waals surface area contributed by atoms with Crippen LogP contribution in [0.25, 0.3) is 6.08 Å². The fourth-order valence-electron chi connectivity index (χ4n) is 2.63. The lowest BCUT2D eigenvalue weighted by atomic mass is 9.85. The van der Waals surface area contributed by atoms with Crippen LogP contribution in [0.1, 0.15) is 22.3 Å². The van der Waals surface area contributed by atoms with Crippen molar-refractivity contribution in [3.05, 3.63) is 69.1 Å². The van der Waals surface area contributed by atoms with E-state index in [1.165, 1.54) is 6.07 Å². The summed E-state index contributed by atoms with van der Waals surface area (Å²) in [6, 6.07) is 8.50. The number of nitrogen functional groups attached to an aromatic ring is 1. The van der Waals surface area contributed by atoms with Crippen LogP contribution in [0, 0.1) is 12.7 Å². The number of fused-ring (bicyclic) bond motifs is 1. The number of hydrogen-bond donors (Lipinski definition) is 3. The van der Waals surface area contributed by atoms with E-state index in [4.69, 9.17) is 11.5 Å². The summed E-state index contributed by atoms with van der Waals surface area (Å²) in [7, 11) is 0. The smallest absolute Gasteiger partial charge is 0.142 e. The number of rotatable bonds is 1. The molecule has 0 radical (unpaired) electrons. The van der Waals surface area contributed by atoms with Crippen molar-refractivity contribution in [3.8, 4) is 0 Å². The van der Waals surface area contributed by atoms with E-state index < -0.39 is 5.66 Å². The Balaban J connectivity index is 2.27. The van der Waals surface area contributed by atoms with Gasteiger partial charge in [0.05, 0.1) is 0 Å². The van der Waals surface area contributed by atoms with Crippen molar-refractivity contribution in [2.75, 3.05) is 5.73 Å². The highest BCUT2D eigenvalue weighted by molar-refractivity contribution is 9.10. The van der Waals surface area contributed by atoms with Gasteiger partial charge in [0.2, 0.25) is 0 Å². The molecular formula is C16H15BrFN3. The normalized spacial score (nSPS) is 20.0. The van der Waals surface area contributed by atoms with Crippen LogP contribution in [0.5, 0.6) is 0 Å². The molecule has 1 aliphatic rings. The van der Waals surface area contributed by atoms with E-state index >= 15 is 0 Å². The first-order chi connectivity index (χ1) is 9.93. The van der Waals surface area contributed by atoms with Crippen LogP contribution in [-0.2, 0) is 5.66 Å². The van der Waals surface area contributed by atoms with Crippen molar-refractivity contribution < 1.29 is 4.39 Å². The lowest BCUT2D eigenvalue weighted by molar-refractivity contribution is 0.444. The second kappa shape index (κ2) is 4.86. The maximum atomic E-state index is 14.3. The topological polar surface area (TPSA) is 64.1 Å². The van der Waals surface area contributed by atoms with Gasteiger partial charge in [0.1, 0.15) is 11.5 Å². The van der Waals surface area contributed by atoms with Gasteiger partial charge in [-0.2, -0.15) is 0 Å². The zero-order chi connectivity index (χ0) is 15.2. The first-order valence-corrected chi connectivity index (χ1v) is 7.31. The summed E-state index contributed by atoms with van der Waals surface area (Å²) in [5.41, 5.74) is 15.1. The number of halogens is 2. The van der Waals surface area contributed by atoms with Crippen LogP contribution in [-0.4, -0.2) is 0 Å². The van der Waals surface area contributed by atoms with Gasteiger partial charge >= 0.3 is 0 Å². The van der Waals surface area contributed by atoms with E-state index in [0.29, 0.717) is 11.3 Å². The summed E-state index contributed by atoms with van der Waals surface area (Å²) in [5, 5.41) is 3.06. The fraction of sp³-hybridized carbons (Fsp3) is 0.125. The molecule has 0 aromatic heterocycles. The zero-order valence-electron chi connectivity index (χ0n) is 11.5. The van der Waals surface area contributed by atoms with Gasteiger partial charge in [-0.25, -0.2) is 4.39 Å². The maximum Gasteiger partial charge on any atom is 0.142 e. The van der Waals surface area contributed by atoms with E-state index in [-0.39, 0.29) is 5.82 Å². The Labute approximate surface area is 131 Å². The molecule has 0 amide bonds. The molecule has 0 saturated carbocycles. The van der Waals surface area contributed by atoms with Crippen molar-refractivity contribution >= 4 is 27.7 Å². The minimum absolute atomic E-state index is 0.366. The average molecular weight is 348 g/mol. The summed E-state index contributed by atoms with van der Waals surface area (Å²) < 4.78 is 15.0. The first-order valence-electron chi connectivity index (χ1n) is 6.51. The second-order valence-electron chi connectivity index (χ2n) is 5.17. The Bertz CT molecular complexity index is 757. The highest BCUT2D eigenvalue weighted by Crippen LogP contribution is 2.36. The molecule has 0 bridgehead atoms. The highest BCUT2D eigenvalue weighted by Gasteiger charge is 2.35. The van der Waals surface area contributed by atoms with Gasteiger partial charge in [-0.3, -0.25) is 0 Å². The second-order valence-corrected chi connectivity index (χ2v) is 6.08. The van der Waals surface area contributed by atoms with E-state index in [0.717, 1.165) is 21.2 Å². The molecule has 1 unspecified atom stereocenters. The molecule has 3 rings (SSSR count). The van der Waals surface area contributed by atoms with Gasteiger partial charge in [0, 0.05) is 26.9 Å². The standard InChI is InChI=1S/C16H15BrFN3/c1-9-2-4-12-11(15(9)19)6-7-21-16(12,20)13-8-10(17)3-5-14(13)18/h2-8,21H,19-20H2,1H3. The molecule has 108 valence electrons. The molecule has 21 heavy (non-hydrogen) atoms. The minimum atomic E-state index is -1.15. The summed E-state index contributed by atoms with van der Waals surface area (Å²) in [4.78, 5) is 0. The summed E-state index contributed by atoms with van der Waals surface area (Å²) >= 11 is 3.36. The fourth-order valence-corrected chi connectivity index (χ4v) is 2.99. The Kier molecular flexibility index (Phi) is 3.26. The third-order valence-electron chi connectivity index (χ3n) is 3.84. The molecule has 1 aliphatic heterocycles. The number of anilines is 1. The predicted molar refractivity (Wildman–Crippen MR) is 86.8 cm³/mol. The molecule has 1 heterocycles. The van der Waals surface area contributed by atoms with E-state index in [9.17, 15) is 4.39 Å². The Morgan fingerprint density at radius 2 is 1.95 bits per heavy atom. The van der Waals surface area contributed by atoms with Crippen LogP contribution >= 0.6 is 15.9 Å². The van der Waals surface area contributed by atoms with Crippen molar-refractivity contribution in [2.24, 2.45) is 5.73 Å². The van der Waals surface area contributed by atoms with Gasteiger partial charge in [-0.15, -0.1) is 0 Å². The van der Waals surface area contributed by atoms with Crippen LogP contribution < -0.4 is 16.8 Å². The number of nitrogens with one attached hydrogen (secondary N) is 1. The lowest BCUT2D eigenvalue weighted by Crippen LogP contribution is -2.51. The monoisotopic (exact) mass is 347 g/mol. The Hall–Kier alpha value is -1.85. The largest absolute Gasteiger partial charge is 0.398 e. The summed E-state index contributed by atoms with van der Waals surface area (Å²) in [6.45, 7) is 1.93. The molecule has 0 saturated heterocycles. The Morgan fingerprint density at radius 3 is 2.71 bits per heavy atom. The van der Waals surface area contributed by atoms with Crippen molar-refractivity contribution in [3.63, 3.8) is 0 Å². The molecule has 0 aliphatic carbocycles. The minimum Gasteiger partial charge on any atom is -0.398 e. The van der Waals surface area contributed by atoms with Crippen molar-refractivity contribution in [2.45, 2.75) is 12.6 Å². The van der Waals surface area contributed by atoms with Gasteiger partial charge in [0.15, 0.2) is 0 Å². The predicted octanol–water partition coefficient (Wildman–Crippen LogP) is 3.21. The van der Waals surface area contributed by atoms with Crippen LogP contribution in [0.2, 0.25) is 0 Å². The van der Waals surface area contributed by atoms with Gasteiger partial charge in [-0.1, -0.05) is 28.1 Å². The maximum absolute atomic E-state index is 14.3. The molecule has 5 N–H and O–H groups in total. The number of benzene rings is 2. The molecule has 5 heteroatoms. The third-order valence-corrected chi connectivity index (χ3v) is 4.34. The Morgan fingerprint density at radius 1 is 1.19 bits per heavy atom. The van der Waals surface area contributed by atoms with E-state index in [2.05, 4.69) is 21.2 Å².